The zero-order chi connectivity index (χ0) is 13.3. The third-order valence-corrected chi connectivity index (χ3v) is 1.19. The van der Waals surface area contributed by atoms with Gasteiger partial charge in [0.1, 0.15) is 0 Å². The van der Waals surface area contributed by atoms with Crippen molar-refractivity contribution in [2.45, 2.75) is 0 Å². The van der Waals surface area contributed by atoms with Gasteiger partial charge in [-0.15, -0.1) is 0 Å². The fourth-order valence-corrected chi connectivity index (χ4v) is 0.775. The number of imidazole rings is 1. The molecule has 5 N–H and O–H groups in total. The zero-order valence-electron chi connectivity index (χ0n) is 8.31. The average Bonchev–Trinajstić information content (AvgIpc) is 2.62. The first kappa shape index (κ1) is 15.9. The van der Waals surface area contributed by atoms with E-state index in [1.165, 1.54) is 0 Å². The summed E-state index contributed by atoms with van der Waals surface area (Å²) >= 11 is 0. The van der Waals surface area contributed by atoms with Crippen molar-refractivity contribution in [2.75, 3.05) is 0 Å². The second-order valence-electron chi connectivity index (χ2n) is 2.34. The number of pyridine rings is 1. The summed E-state index contributed by atoms with van der Waals surface area (Å²) in [7, 11) is -6.26. The number of nitrogens with one attached hydrogen (secondary N) is 1. The Bertz CT molecular complexity index is 439. The number of hydrogen-bond donors (Lipinski definition) is 5. The zero-order valence-corrected chi connectivity index (χ0v) is 10.3. The van der Waals surface area contributed by atoms with Crippen molar-refractivity contribution in [2.24, 2.45) is 0 Å². The maximum absolute atomic E-state index is 8.74. The van der Waals surface area contributed by atoms with Crippen molar-refractivity contribution in [1.82, 2.24) is 15.0 Å². The lowest BCUT2D eigenvalue weighted by atomic mass is 10.4. The molecule has 17 heavy (non-hydrogen) atoms. The number of H-pyrrole nitrogens is 1. The van der Waals surface area contributed by atoms with Gasteiger partial charge in [0, 0.05) is 6.20 Å². The summed E-state index contributed by atoms with van der Waals surface area (Å²) in [5, 5.41) is 0. The quantitative estimate of drug-likeness (QED) is 0.411. The summed E-state index contributed by atoms with van der Waals surface area (Å²) in [6.45, 7) is 0. The van der Waals surface area contributed by atoms with Crippen LogP contribution in [0.4, 0.5) is 0 Å². The van der Waals surface area contributed by atoms with E-state index in [1.54, 1.807) is 12.5 Å². The van der Waals surface area contributed by atoms with Crippen molar-refractivity contribution in [3.8, 4) is 0 Å². The number of aromatic nitrogens is 3. The van der Waals surface area contributed by atoms with Crippen LogP contribution in [0.1, 0.15) is 0 Å². The molecule has 0 atom stereocenters. The lowest BCUT2D eigenvalue weighted by Gasteiger charge is -1.80. The van der Waals surface area contributed by atoms with Crippen LogP contribution in [0, 0.1) is 0 Å². The lowest BCUT2D eigenvalue weighted by Crippen LogP contribution is -1.71. The molecule has 0 saturated heterocycles. The molecule has 0 aliphatic heterocycles. The van der Waals surface area contributed by atoms with Crippen LogP contribution in [0.15, 0.2) is 24.7 Å². The Labute approximate surface area is 96.7 Å². The first-order chi connectivity index (χ1) is 7.93. The molecule has 11 heteroatoms. The standard InChI is InChI=1S/C6H5N3.2H3O3P/c1-2-5-6(7-3-1)9-4-8-5;2*1-4(2)3/h1-4H,(H,7,8,9);2*4H,(H2,1,2,3). The molecule has 0 aliphatic carbocycles. The Morgan fingerprint density at radius 3 is 2.06 bits per heavy atom. The predicted molar refractivity (Wildman–Crippen MR) is 60.8 cm³/mol. The highest BCUT2D eigenvalue weighted by Crippen LogP contribution is 2.01. The summed E-state index contributed by atoms with van der Waals surface area (Å²) in [5.74, 6) is 0. The van der Waals surface area contributed by atoms with Gasteiger partial charge in [-0.25, -0.2) is 9.97 Å². The molecule has 0 amide bonds. The van der Waals surface area contributed by atoms with Crippen molar-refractivity contribution in [3.05, 3.63) is 24.7 Å². The molecule has 2 rings (SSSR count). The van der Waals surface area contributed by atoms with Gasteiger partial charge in [-0.2, -0.15) is 0 Å². The van der Waals surface area contributed by atoms with Crippen LogP contribution in [0.25, 0.3) is 11.2 Å². The molecule has 0 aliphatic rings. The fourth-order valence-electron chi connectivity index (χ4n) is 0.775. The molecule has 2 heterocycles. The van der Waals surface area contributed by atoms with Crippen LogP contribution in [0.3, 0.4) is 0 Å². The average molecular weight is 283 g/mol. The van der Waals surface area contributed by atoms with Crippen LogP contribution in [-0.4, -0.2) is 34.5 Å². The van der Waals surface area contributed by atoms with Crippen LogP contribution in [0.2, 0.25) is 0 Å². The normalized spacial score (nSPS) is 9.53. The molecule has 0 spiro atoms. The molecule has 2 aromatic rings. The Balaban J connectivity index is 0.000000274. The number of nitrogens with zero attached hydrogens (tertiary/aromatic N) is 2. The van der Waals surface area contributed by atoms with Gasteiger partial charge in [-0.05, 0) is 12.1 Å². The van der Waals surface area contributed by atoms with E-state index in [0.717, 1.165) is 11.2 Å². The molecular formula is C6H11N3O6P2. The van der Waals surface area contributed by atoms with Crippen molar-refractivity contribution in [3.63, 3.8) is 0 Å². The summed E-state index contributed by atoms with van der Waals surface area (Å²) in [5.41, 5.74) is 1.76. The van der Waals surface area contributed by atoms with Gasteiger partial charge in [-0.1, -0.05) is 0 Å². The van der Waals surface area contributed by atoms with Crippen LogP contribution in [-0.2, 0) is 9.13 Å². The maximum Gasteiger partial charge on any atom is 0.314 e. The van der Waals surface area contributed by atoms with Gasteiger partial charge >= 0.3 is 16.5 Å². The second kappa shape index (κ2) is 9.00. The molecule has 0 aromatic carbocycles. The third kappa shape index (κ3) is 9.83. The topological polar surface area (TPSA) is 157 Å². The largest absolute Gasteiger partial charge is 0.343 e. The smallest absolute Gasteiger partial charge is 0.314 e. The predicted octanol–water partition coefficient (Wildman–Crippen LogP) is -0.321. The molecule has 0 unspecified atom stereocenters. The molecular weight excluding hydrogens is 272 g/mol. The summed E-state index contributed by atoms with van der Waals surface area (Å²) in [6, 6.07) is 3.82. The minimum atomic E-state index is -3.13. The van der Waals surface area contributed by atoms with Crippen molar-refractivity contribution in [1.29, 1.82) is 0 Å². The summed E-state index contributed by atoms with van der Waals surface area (Å²) in [6.07, 6.45) is 3.36. The van der Waals surface area contributed by atoms with E-state index in [4.69, 9.17) is 28.7 Å². The summed E-state index contributed by atoms with van der Waals surface area (Å²) < 4.78 is 17.5. The minimum Gasteiger partial charge on any atom is -0.343 e. The molecule has 0 fully saturated rings. The summed E-state index contributed by atoms with van der Waals surface area (Å²) in [4.78, 5) is 39.5. The fraction of sp³-hybridized carbons (Fsp3) is 0. The Morgan fingerprint density at radius 2 is 1.59 bits per heavy atom. The molecule has 0 bridgehead atoms. The van der Waals surface area contributed by atoms with Gasteiger partial charge in [0.15, 0.2) is 5.65 Å². The number of aromatic amines is 1. The SMILES string of the molecule is O=[PH](O)O.O=[PH](O)O.c1cnc2nc[nH]c2c1. The maximum atomic E-state index is 8.74. The highest BCUT2D eigenvalue weighted by atomic mass is 31.1. The van der Waals surface area contributed by atoms with Gasteiger partial charge in [0.05, 0.1) is 11.8 Å². The molecule has 9 nitrogen and oxygen atoms in total. The number of hydrogen-bond acceptors (Lipinski definition) is 4. The Kier molecular flexibility index (Phi) is 8.43. The molecule has 0 radical (unpaired) electrons. The highest BCUT2D eigenvalue weighted by Gasteiger charge is 1.90. The van der Waals surface area contributed by atoms with Gasteiger partial charge in [0.2, 0.25) is 0 Å². The van der Waals surface area contributed by atoms with Crippen molar-refractivity contribution >= 4 is 27.7 Å². The minimum absolute atomic E-state index is 0.775. The van der Waals surface area contributed by atoms with Crippen molar-refractivity contribution < 1.29 is 28.7 Å². The lowest BCUT2D eigenvalue weighted by molar-refractivity contribution is 0.403. The van der Waals surface area contributed by atoms with Crippen LogP contribution >= 0.6 is 16.5 Å². The van der Waals surface area contributed by atoms with E-state index < -0.39 is 16.5 Å². The first-order valence-electron chi connectivity index (χ1n) is 4.01. The first-order valence-corrected chi connectivity index (χ1v) is 6.62. The van der Waals surface area contributed by atoms with Gasteiger partial charge < -0.3 is 24.6 Å². The van der Waals surface area contributed by atoms with E-state index in [1.807, 2.05) is 12.1 Å². The monoisotopic (exact) mass is 283 g/mol. The molecule has 96 valence electrons. The van der Waals surface area contributed by atoms with E-state index >= 15 is 0 Å². The van der Waals surface area contributed by atoms with Crippen LogP contribution < -0.4 is 0 Å². The Morgan fingerprint density at radius 1 is 1.06 bits per heavy atom. The number of rotatable bonds is 0. The van der Waals surface area contributed by atoms with E-state index in [0.29, 0.717) is 0 Å². The number of fused-ring (bicyclic) bond motifs is 1. The highest BCUT2D eigenvalue weighted by molar-refractivity contribution is 7.31. The Hall–Kier alpha value is -1.08. The molecule has 0 saturated carbocycles. The molecule has 2 aromatic heterocycles. The van der Waals surface area contributed by atoms with Crippen LogP contribution in [0.5, 0.6) is 0 Å². The van der Waals surface area contributed by atoms with E-state index in [-0.39, 0.29) is 0 Å². The van der Waals surface area contributed by atoms with E-state index in [9.17, 15) is 0 Å². The van der Waals surface area contributed by atoms with E-state index in [2.05, 4.69) is 15.0 Å². The second-order valence-corrected chi connectivity index (χ2v) is 3.47. The van der Waals surface area contributed by atoms with Gasteiger partial charge in [0.25, 0.3) is 0 Å². The third-order valence-electron chi connectivity index (χ3n) is 1.19. The van der Waals surface area contributed by atoms with Gasteiger partial charge in [-0.3, -0.25) is 9.13 Å².